The van der Waals surface area contributed by atoms with E-state index in [9.17, 15) is 8.78 Å². The highest BCUT2D eigenvalue weighted by Crippen LogP contribution is 2.20. The SMILES string of the molecule is CN(Cc1cc(F)ccc1F)Cc1noc2ccccc12. The highest BCUT2D eigenvalue weighted by atomic mass is 19.1. The van der Waals surface area contributed by atoms with Crippen molar-refractivity contribution in [2.75, 3.05) is 7.05 Å². The van der Waals surface area contributed by atoms with Gasteiger partial charge in [0.05, 0.1) is 0 Å². The van der Waals surface area contributed by atoms with Gasteiger partial charge in [-0.2, -0.15) is 0 Å². The second-order valence-corrected chi connectivity index (χ2v) is 5.03. The molecular weight excluding hydrogens is 274 g/mol. The summed E-state index contributed by atoms with van der Waals surface area (Å²) in [5.41, 5.74) is 1.83. The van der Waals surface area contributed by atoms with Gasteiger partial charge in [-0.15, -0.1) is 0 Å². The summed E-state index contributed by atoms with van der Waals surface area (Å²) < 4.78 is 32.0. The van der Waals surface area contributed by atoms with Crippen molar-refractivity contribution >= 4 is 11.0 Å². The molecule has 0 saturated carbocycles. The van der Waals surface area contributed by atoms with Crippen LogP contribution in [0, 0.1) is 11.6 Å². The fourth-order valence-electron chi connectivity index (χ4n) is 2.32. The molecule has 0 N–H and O–H groups in total. The second-order valence-electron chi connectivity index (χ2n) is 5.03. The maximum Gasteiger partial charge on any atom is 0.167 e. The summed E-state index contributed by atoms with van der Waals surface area (Å²) in [5, 5.41) is 4.97. The van der Waals surface area contributed by atoms with Crippen LogP contribution in [0.2, 0.25) is 0 Å². The number of nitrogens with zero attached hydrogens (tertiary/aromatic N) is 2. The van der Waals surface area contributed by atoms with E-state index in [-0.39, 0.29) is 0 Å². The van der Waals surface area contributed by atoms with Gasteiger partial charge in [0.2, 0.25) is 0 Å². The Hall–Kier alpha value is -2.27. The van der Waals surface area contributed by atoms with E-state index in [4.69, 9.17) is 4.52 Å². The van der Waals surface area contributed by atoms with Crippen LogP contribution in [0.25, 0.3) is 11.0 Å². The van der Waals surface area contributed by atoms with E-state index < -0.39 is 11.6 Å². The monoisotopic (exact) mass is 288 g/mol. The largest absolute Gasteiger partial charge is 0.356 e. The van der Waals surface area contributed by atoms with E-state index >= 15 is 0 Å². The Morgan fingerprint density at radius 3 is 2.76 bits per heavy atom. The maximum atomic E-state index is 13.6. The molecule has 0 bridgehead atoms. The van der Waals surface area contributed by atoms with Crippen LogP contribution >= 0.6 is 0 Å². The van der Waals surface area contributed by atoms with E-state index in [1.807, 2.05) is 36.2 Å². The van der Waals surface area contributed by atoms with E-state index in [1.54, 1.807) is 0 Å². The summed E-state index contributed by atoms with van der Waals surface area (Å²) in [6.07, 6.45) is 0. The lowest BCUT2D eigenvalue weighted by Crippen LogP contribution is -2.18. The molecule has 0 aliphatic rings. The molecule has 2 aromatic carbocycles. The van der Waals surface area contributed by atoms with Gasteiger partial charge in [-0.3, -0.25) is 4.90 Å². The van der Waals surface area contributed by atoms with E-state index in [1.165, 1.54) is 6.07 Å². The minimum Gasteiger partial charge on any atom is -0.356 e. The Balaban J connectivity index is 1.77. The van der Waals surface area contributed by atoms with E-state index in [2.05, 4.69) is 5.16 Å². The van der Waals surface area contributed by atoms with Crippen molar-refractivity contribution in [3.05, 3.63) is 65.4 Å². The van der Waals surface area contributed by atoms with Crippen LogP contribution in [0.3, 0.4) is 0 Å². The molecular formula is C16H14F2N2O. The molecule has 0 radical (unpaired) electrons. The smallest absolute Gasteiger partial charge is 0.167 e. The van der Waals surface area contributed by atoms with Crippen LogP contribution in [-0.4, -0.2) is 17.1 Å². The van der Waals surface area contributed by atoms with Crippen molar-refractivity contribution in [3.63, 3.8) is 0 Å². The van der Waals surface area contributed by atoms with Gasteiger partial charge in [-0.1, -0.05) is 17.3 Å². The van der Waals surface area contributed by atoms with Crippen molar-refractivity contribution in [1.82, 2.24) is 10.1 Å². The lowest BCUT2D eigenvalue weighted by atomic mass is 10.1. The molecule has 5 heteroatoms. The Morgan fingerprint density at radius 2 is 1.90 bits per heavy atom. The van der Waals surface area contributed by atoms with Crippen LogP contribution in [0.5, 0.6) is 0 Å². The highest BCUT2D eigenvalue weighted by molar-refractivity contribution is 5.79. The average Bonchev–Trinajstić information content (AvgIpc) is 2.86. The first kappa shape index (κ1) is 13.7. The number of halogens is 2. The molecule has 0 atom stereocenters. The molecule has 0 aliphatic heterocycles. The molecule has 0 aliphatic carbocycles. The quantitative estimate of drug-likeness (QED) is 0.732. The minimum atomic E-state index is -0.438. The molecule has 1 heterocycles. The zero-order valence-electron chi connectivity index (χ0n) is 11.5. The molecule has 0 amide bonds. The zero-order valence-corrected chi connectivity index (χ0v) is 11.5. The Morgan fingerprint density at radius 1 is 1.10 bits per heavy atom. The molecule has 108 valence electrons. The fraction of sp³-hybridized carbons (Fsp3) is 0.188. The van der Waals surface area contributed by atoms with Gasteiger partial charge in [-0.25, -0.2) is 8.78 Å². The van der Waals surface area contributed by atoms with E-state index in [0.29, 0.717) is 18.7 Å². The van der Waals surface area contributed by atoms with Crippen LogP contribution in [-0.2, 0) is 13.1 Å². The lowest BCUT2D eigenvalue weighted by Gasteiger charge is -2.15. The van der Waals surface area contributed by atoms with Gasteiger partial charge in [-0.05, 0) is 37.4 Å². The predicted molar refractivity (Wildman–Crippen MR) is 75.5 cm³/mol. The van der Waals surface area contributed by atoms with Crippen LogP contribution in [0.4, 0.5) is 8.78 Å². The molecule has 21 heavy (non-hydrogen) atoms. The number of hydrogen-bond acceptors (Lipinski definition) is 3. The average molecular weight is 288 g/mol. The number of rotatable bonds is 4. The van der Waals surface area contributed by atoms with Crippen LogP contribution in [0.1, 0.15) is 11.3 Å². The summed E-state index contributed by atoms with van der Waals surface area (Å²) in [6, 6.07) is 11.0. The summed E-state index contributed by atoms with van der Waals surface area (Å²) >= 11 is 0. The topological polar surface area (TPSA) is 29.3 Å². The maximum absolute atomic E-state index is 13.6. The minimum absolute atomic E-state index is 0.296. The fourth-order valence-corrected chi connectivity index (χ4v) is 2.32. The number of hydrogen-bond donors (Lipinski definition) is 0. The predicted octanol–water partition coefficient (Wildman–Crippen LogP) is 3.74. The molecule has 3 aromatic rings. The van der Waals surface area contributed by atoms with Gasteiger partial charge in [0.15, 0.2) is 5.58 Å². The number of benzene rings is 2. The van der Waals surface area contributed by atoms with Gasteiger partial charge >= 0.3 is 0 Å². The molecule has 3 nitrogen and oxygen atoms in total. The summed E-state index contributed by atoms with van der Waals surface area (Å²) in [4.78, 5) is 1.86. The van der Waals surface area contributed by atoms with Crippen molar-refractivity contribution < 1.29 is 13.3 Å². The first-order valence-electron chi connectivity index (χ1n) is 6.59. The van der Waals surface area contributed by atoms with Gasteiger partial charge < -0.3 is 4.52 Å². The third kappa shape index (κ3) is 2.92. The third-order valence-electron chi connectivity index (χ3n) is 3.32. The number of aromatic nitrogens is 1. The zero-order chi connectivity index (χ0) is 14.8. The second kappa shape index (κ2) is 5.61. The molecule has 0 saturated heterocycles. The van der Waals surface area contributed by atoms with Gasteiger partial charge in [0.25, 0.3) is 0 Å². The number of para-hydroxylation sites is 1. The molecule has 0 unspecified atom stereocenters. The summed E-state index contributed by atoms with van der Waals surface area (Å²) in [7, 11) is 1.83. The Labute approximate surface area is 120 Å². The van der Waals surface area contributed by atoms with Crippen molar-refractivity contribution in [1.29, 1.82) is 0 Å². The van der Waals surface area contributed by atoms with E-state index in [0.717, 1.165) is 28.8 Å². The van der Waals surface area contributed by atoms with Gasteiger partial charge in [0.1, 0.15) is 17.3 Å². The third-order valence-corrected chi connectivity index (χ3v) is 3.32. The van der Waals surface area contributed by atoms with Gasteiger partial charge in [0, 0.05) is 24.0 Å². The standard InChI is InChI=1S/C16H14F2N2O/c1-20(9-11-8-12(17)6-7-14(11)18)10-15-13-4-2-3-5-16(13)21-19-15/h2-8H,9-10H2,1H3. The van der Waals surface area contributed by atoms with Crippen LogP contribution in [0.15, 0.2) is 47.0 Å². The Bertz CT molecular complexity index is 770. The van der Waals surface area contributed by atoms with Crippen molar-refractivity contribution in [2.24, 2.45) is 0 Å². The number of fused-ring (bicyclic) bond motifs is 1. The molecule has 3 rings (SSSR count). The molecule has 0 fully saturated rings. The first-order valence-corrected chi connectivity index (χ1v) is 6.59. The molecule has 0 spiro atoms. The van der Waals surface area contributed by atoms with Crippen molar-refractivity contribution in [2.45, 2.75) is 13.1 Å². The van der Waals surface area contributed by atoms with Crippen molar-refractivity contribution in [3.8, 4) is 0 Å². The van der Waals surface area contributed by atoms with Crippen LogP contribution < -0.4 is 0 Å². The molecule has 1 aromatic heterocycles. The summed E-state index contributed by atoms with van der Waals surface area (Å²) in [5.74, 6) is -0.847. The Kier molecular flexibility index (Phi) is 3.66. The highest BCUT2D eigenvalue weighted by Gasteiger charge is 2.12. The first-order chi connectivity index (χ1) is 10.1. The lowest BCUT2D eigenvalue weighted by molar-refractivity contribution is 0.301. The normalized spacial score (nSPS) is 11.4. The summed E-state index contributed by atoms with van der Waals surface area (Å²) in [6.45, 7) is 0.789.